The first-order valence-electron chi connectivity index (χ1n) is 8.52. The van der Waals surface area contributed by atoms with Crippen molar-refractivity contribution in [3.05, 3.63) is 47.0 Å². The number of ether oxygens (including phenoxy) is 1. The smallest absolute Gasteiger partial charge is 0.356 e. The van der Waals surface area contributed by atoms with Crippen molar-refractivity contribution in [3.8, 4) is 0 Å². The Kier molecular flexibility index (Phi) is 3.95. The molecule has 26 heavy (non-hydrogen) atoms. The predicted molar refractivity (Wildman–Crippen MR) is 93.7 cm³/mol. The van der Waals surface area contributed by atoms with Gasteiger partial charge in [0.2, 0.25) is 0 Å². The maximum absolute atomic E-state index is 12.9. The van der Waals surface area contributed by atoms with E-state index < -0.39 is 5.97 Å². The zero-order valence-corrected chi connectivity index (χ0v) is 14.7. The second-order valence-electron chi connectivity index (χ2n) is 6.23. The molecule has 0 atom stereocenters. The fourth-order valence-electron chi connectivity index (χ4n) is 3.38. The van der Waals surface area contributed by atoms with Gasteiger partial charge in [0.15, 0.2) is 5.69 Å². The van der Waals surface area contributed by atoms with Crippen LogP contribution in [0, 0.1) is 0 Å². The average Bonchev–Trinajstić information content (AvgIpc) is 3.23. The lowest BCUT2D eigenvalue weighted by Gasteiger charge is -2.27. The fraction of sp³-hybridized carbons (Fsp3) is 0.333. The number of H-pyrrole nitrogens is 1. The topological polar surface area (TPSA) is 93.1 Å². The molecule has 0 spiro atoms. The van der Waals surface area contributed by atoms with Crippen molar-refractivity contribution in [1.82, 2.24) is 24.6 Å². The van der Waals surface area contributed by atoms with Gasteiger partial charge in [0, 0.05) is 31.1 Å². The molecule has 0 radical (unpaired) electrons. The quantitative estimate of drug-likeness (QED) is 0.723. The molecule has 0 unspecified atom stereocenters. The number of aryl methyl sites for hydroxylation is 1. The van der Waals surface area contributed by atoms with E-state index in [1.165, 1.54) is 0 Å². The van der Waals surface area contributed by atoms with Gasteiger partial charge in [-0.25, -0.2) is 9.78 Å². The molecule has 1 aliphatic rings. The minimum absolute atomic E-state index is 0.0780. The van der Waals surface area contributed by atoms with Crippen LogP contribution in [0.5, 0.6) is 0 Å². The summed E-state index contributed by atoms with van der Waals surface area (Å²) in [6, 6.07) is 5.40. The highest BCUT2D eigenvalue weighted by molar-refractivity contribution is 5.97. The number of fused-ring (bicyclic) bond motifs is 2. The third-order valence-electron chi connectivity index (χ3n) is 4.62. The molecule has 4 rings (SSSR count). The number of esters is 1. The minimum Gasteiger partial charge on any atom is -0.461 e. The van der Waals surface area contributed by atoms with Crippen LogP contribution in [0.1, 0.15) is 39.0 Å². The molecule has 1 amide bonds. The number of rotatable bonds is 3. The van der Waals surface area contributed by atoms with Crippen molar-refractivity contribution < 1.29 is 14.3 Å². The van der Waals surface area contributed by atoms with Crippen molar-refractivity contribution in [2.45, 2.75) is 19.9 Å². The number of imidazole rings is 1. The van der Waals surface area contributed by atoms with Crippen LogP contribution in [-0.4, -0.2) is 49.7 Å². The average molecular weight is 353 g/mol. The summed E-state index contributed by atoms with van der Waals surface area (Å²) in [6.07, 6.45) is 2.22. The van der Waals surface area contributed by atoms with Crippen LogP contribution in [0.4, 0.5) is 0 Å². The van der Waals surface area contributed by atoms with E-state index in [0.717, 1.165) is 22.3 Å². The maximum Gasteiger partial charge on any atom is 0.356 e. The first-order valence-corrected chi connectivity index (χ1v) is 8.52. The predicted octanol–water partition coefficient (Wildman–Crippen LogP) is 1.67. The zero-order chi connectivity index (χ0) is 18.3. The van der Waals surface area contributed by atoms with Gasteiger partial charge in [-0.3, -0.25) is 9.48 Å². The third kappa shape index (κ3) is 2.63. The van der Waals surface area contributed by atoms with Crippen LogP contribution in [0.2, 0.25) is 0 Å². The lowest BCUT2D eigenvalue weighted by Crippen LogP contribution is -2.36. The molecule has 134 valence electrons. The summed E-state index contributed by atoms with van der Waals surface area (Å²) in [5.41, 5.74) is 4.27. The Morgan fingerprint density at radius 2 is 2.19 bits per heavy atom. The van der Waals surface area contributed by atoms with Crippen LogP contribution in [0.25, 0.3) is 11.0 Å². The van der Waals surface area contributed by atoms with E-state index in [4.69, 9.17) is 4.74 Å². The van der Waals surface area contributed by atoms with E-state index in [1.54, 1.807) is 42.0 Å². The summed E-state index contributed by atoms with van der Waals surface area (Å²) in [7, 11) is 1.73. The van der Waals surface area contributed by atoms with Crippen LogP contribution in [-0.2, 0) is 24.8 Å². The highest BCUT2D eigenvalue weighted by atomic mass is 16.5. The first-order chi connectivity index (χ1) is 12.6. The van der Waals surface area contributed by atoms with E-state index in [9.17, 15) is 9.59 Å². The maximum atomic E-state index is 12.9. The molecule has 1 N–H and O–H groups in total. The number of amides is 1. The summed E-state index contributed by atoms with van der Waals surface area (Å²) in [5.74, 6) is -0.484. The van der Waals surface area contributed by atoms with Gasteiger partial charge in [-0.05, 0) is 25.1 Å². The highest BCUT2D eigenvalue weighted by Gasteiger charge is 2.30. The van der Waals surface area contributed by atoms with Gasteiger partial charge in [-0.1, -0.05) is 0 Å². The molecule has 0 saturated carbocycles. The number of hydrogen-bond acceptors (Lipinski definition) is 5. The summed E-state index contributed by atoms with van der Waals surface area (Å²) in [4.78, 5) is 34.1. The number of carbonyl (C=O) groups excluding carboxylic acids is 2. The summed E-state index contributed by atoms with van der Waals surface area (Å²) in [5, 5.41) is 4.42. The normalized spacial score (nSPS) is 13.7. The van der Waals surface area contributed by atoms with Gasteiger partial charge in [-0.15, -0.1) is 0 Å². The van der Waals surface area contributed by atoms with Gasteiger partial charge < -0.3 is 14.6 Å². The Morgan fingerprint density at radius 1 is 1.35 bits per heavy atom. The Bertz CT molecular complexity index is 1000. The highest BCUT2D eigenvalue weighted by Crippen LogP contribution is 2.24. The Hall–Kier alpha value is -3.16. The monoisotopic (exact) mass is 353 g/mol. The SMILES string of the molecule is CCOC(=O)c1c2c(nn1C)CCN(C(=O)c1ccc3nc[nH]c3c1)C2. The molecule has 0 fully saturated rings. The van der Waals surface area contributed by atoms with Crippen molar-refractivity contribution in [3.63, 3.8) is 0 Å². The van der Waals surface area contributed by atoms with Crippen LogP contribution in [0.3, 0.4) is 0 Å². The van der Waals surface area contributed by atoms with Gasteiger partial charge in [0.1, 0.15) is 0 Å². The zero-order valence-electron chi connectivity index (χ0n) is 14.7. The number of hydrogen-bond donors (Lipinski definition) is 1. The molecule has 0 bridgehead atoms. The molecule has 8 heteroatoms. The minimum atomic E-state index is -0.406. The molecule has 1 aliphatic heterocycles. The lowest BCUT2D eigenvalue weighted by molar-refractivity contribution is 0.0508. The standard InChI is InChI=1S/C18H19N5O3/c1-3-26-18(25)16-12-9-23(7-6-13(12)21-22(16)2)17(24)11-4-5-14-15(8-11)20-10-19-14/h4-5,8,10H,3,6-7,9H2,1-2H3,(H,19,20). The van der Waals surface area contributed by atoms with Crippen LogP contribution >= 0.6 is 0 Å². The second-order valence-corrected chi connectivity index (χ2v) is 6.23. The molecule has 3 heterocycles. The Morgan fingerprint density at radius 3 is 3.00 bits per heavy atom. The Balaban J connectivity index is 1.63. The number of carbonyl (C=O) groups is 2. The molecule has 1 aromatic carbocycles. The van der Waals surface area contributed by atoms with E-state index in [0.29, 0.717) is 37.4 Å². The lowest BCUT2D eigenvalue weighted by atomic mass is 10.0. The fourth-order valence-corrected chi connectivity index (χ4v) is 3.38. The van der Waals surface area contributed by atoms with E-state index in [1.807, 2.05) is 6.07 Å². The number of nitrogens with zero attached hydrogens (tertiary/aromatic N) is 4. The largest absolute Gasteiger partial charge is 0.461 e. The van der Waals surface area contributed by atoms with Gasteiger partial charge >= 0.3 is 5.97 Å². The van der Waals surface area contributed by atoms with Gasteiger partial charge in [-0.2, -0.15) is 5.10 Å². The number of aromatic nitrogens is 4. The molecule has 0 saturated heterocycles. The van der Waals surface area contributed by atoms with Crippen molar-refractivity contribution in [2.75, 3.05) is 13.2 Å². The third-order valence-corrected chi connectivity index (χ3v) is 4.62. The van der Waals surface area contributed by atoms with Crippen LogP contribution in [0.15, 0.2) is 24.5 Å². The molecule has 3 aromatic rings. The summed E-state index contributed by atoms with van der Waals surface area (Å²) < 4.78 is 6.69. The molecule has 8 nitrogen and oxygen atoms in total. The number of nitrogens with one attached hydrogen (secondary N) is 1. The molecular weight excluding hydrogens is 334 g/mol. The van der Waals surface area contributed by atoms with E-state index >= 15 is 0 Å². The molecular formula is C18H19N5O3. The second kappa shape index (κ2) is 6.29. The van der Waals surface area contributed by atoms with E-state index in [2.05, 4.69) is 15.1 Å². The first kappa shape index (κ1) is 16.3. The van der Waals surface area contributed by atoms with Gasteiger partial charge in [0.25, 0.3) is 5.91 Å². The molecule has 2 aromatic heterocycles. The van der Waals surface area contributed by atoms with Crippen molar-refractivity contribution >= 4 is 22.9 Å². The van der Waals surface area contributed by atoms with Gasteiger partial charge in [0.05, 0.1) is 36.2 Å². The molecule has 0 aliphatic carbocycles. The number of aromatic amines is 1. The van der Waals surface area contributed by atoms with Crippen LogP contribution < -0.4 is 0 Å². The van der Waals surface area contributed by atoms with Crippen molar-refractivity contribution in [2.24, 2.45) is 7.05 Å². The number of benzene rings is 1. The van der Waals surface area contributed by atoms with Crippen molar-refractivity contribution in [1.29, 1.82) is 0 Å². The Labute approximate surface area is 149 Å². The van der Waals surface area contributed by atoms with E-state index in [-0.39, 0.29) is 5.91 Å². The summed E-state index contributed by atoms with van der Waals surface area (Å²) in [6.45, 7) is 2.97. The summed E-state index contributed by atoms with van der Waals surface area (Å²) >= 11 is 0.